The van der Waals surface area contributed by atoms with Crippen LogP contribution in [0.15, 0.2) is 28.8 Å². The number of nitrogens with zero attached hydrogens (tertiary/aromatic N) is 2. The average Bonchev–Trinajstić information content (AvgIpc) is 2.95. The standard InChI is InChI=1S/C14H16FN3O2/c15-10-4-3-5-11(8-10)19-9-13-17-14(20-18-13)12-6-1-2-7-16-12/h3-5,8,12,16H,1-2,6-7,9H2/t12-/m0/s1. The Morgan fingerprint density at radius 2 is 2.35 bits per heavy atom. The highest BCUT2D eigenvalue weighted by molar-refractivity contribution is 5.22. The zero-order chi connectivity index (χ0) is 13.8. The molecule has 1 saturated heterocycles. The van der Waals surface area contributed by atoms with E-state index in [4.69, 9.17) is 9.26 Å². The molecule has 1 fully saturated rings. The summed E-state index contributed by atoms with van der Waals surface area (Å²) < 4.78 is 23.7. The Kier molecular flexibility index (Phi) is 3.92. The molecule has 1 N–H and O–H groups in total. The summed E-state index contributed by atoms with van der Waals surface area (Å²) in [6.45, 7) is 1.14. The third-order valence-corrected chi connectivity index (χ3v) is 3.26. The minimum absolute atomic E-state index is 0.138. The van der Waals surface area contributed by atoms with Gasteiger partial charge in [-0.25, -0.2) is 4.39 Å². The molecule has 5 nitrogen and oxygen atoms in total. The molecule has 0 aliphatic carbocycles. The molecule has 0 radical (unpaired) electrons. The fourth-order valence-corrected chi connectivity index (χ4v) is 2.23. The van der Waals surface area contributed by atoms with Gasteiger partial charge in [0.05, 0.1) is 6.04 Å². The lowest BCUT2D eigenvalue weighted by atomic mass is 10.1. The molecule has 1 aliphatic rings. The Morgan fingerprint density at radius 1 is 1.40 bits per heavy atom. The number of nitrogens with one attached hydrogen (secondary N) is 1. The lowest BCUT2D eigenvalue weighted by molar-refractivity contribution is 0.275. The molecule has 1 aliphatic heterocycles. The van der Waals surface area contributed by atoms with Crippen molar-refractivity contribution in [1.29, 1.82) is 0 Å². The Labute approximate surface area is 116 Å². The van der Waals surface area contributed by atoms with Crippen LogP contribution < -0.4 is 10.1 Å². The molecule has 0 saturated carbocycles. The normalized spacial score (nSPS) is 18.9. The van der Waals surface area contributed by atoms with Crippen molar-refractivity contribution in [2.24, 2.45) is 0 Å². The van der Waals surface area contributed by atoms with E-state index in [1.807, 2.05) is 0 Å². The summed E-state index contributed by atoms with van der Waals surface area (Å²) in [6, 6.07) is 6.11. The molecule has 6 heteroatoms. The quantitative estimate of drug-likeness (QED) is 0.930. The molecule has 0 amide bonds. The van der Waals surface area contributed by atoms with Crippen molar-refractivity contribution >= 4 is 0 Å². The predicted octanol–water partition coefficient (Wildman–Crippen LogP) is 2.60. The van der Waals surface area contributed by atoms with Gasteiger partial charge in [-0.15, -0.1) is 0 Å². The monoisotopic (exact) mass is 277 g/mol. The molecule has 20 heavy (non-hydrogen) atoms. The van der Waals surface area contributed by atoms with E-state index in [0.717, 1.165) is 19.4 Å². The molecule has 0 spiro atoms. The molecule has 106 valence electrons. The highest BCUT2D eigenvalue weighted by Crippen LogP contribution is 2.21. The Morgan fingerprint density at radius 3 is 3.15 bits per heavy atom. The maximum absolute atomic E-state index is 13.0. The van der Waals surface area contributed by atoms with Crippen molar-refractivity contribution < 1.29 is 13.7 Å². The number of ether oxygens (including phenoxy) is 1. The Bertz CT molecular complexity index is 567. The second kappa shape index (κ2) is 6.00. The van der Waals surface area contributed by atoms with E-state index in [2.05, 4.69) is 15.5 Å². The van der Waals surface area contributed by atoms with Gasteiger partial charge < -0.3 is 14.6 Å². The average molecular weight is 277 g/mol. The summed E-state index contributed by atoms with van der Waals surface area (Å²) in [6.07, 6.45) is 3.35. The zero-order valence-corrected chi connectivity index (χ0v) is 11.0. The van der Waals surface area contributed by atoms with E-state index >= 15 is 0 Å². The summed E-state index contributed by atoms with van der Waals surface area (Å²) in [5.74, 6) is 1.19. The summed E-state index contributed by atoms with van der Waals surface area (Å²) in [7, 11) is 0. The first-order chi connectivity index (χ1) is 9.81. The van der Waals surface area contributed by atoms with E-state index in [1.54, 1.807) is 12.1 Å². The first-order valence-electron chi connectivity index (χ1n) is 6.75. The van der Waals surface area contributed by atoms with Crippen LogP contribution in [0.2, 0.25) is 0 Å². The summed E-state index contributed by atoms with van der Waals surface area (Å²) >= 11 is 0. The van der Waals surface area contributed by atoms with Crippen LogP contribution in [0, 0.1) is 5.82 Å². The van der Waals surface area contributed by atoms with Crippen LogP contribution in [0.5, 0.6) is 5.75 Å². The largest absolute Gasteiger partial charge is 0.485 e. The maximum atomic E-state index is 13.0. The van der Waals surface area contributed by atoms with Crippen LogP contribution >= 0.6 is 0 Å². The number of rotatable bonds is 4. The van der Waals surface area contributed by atoms with Crippen molar-refractivity contribution in [3.8, 4) is 5.75 Å². The van der Waals surface area contributed by atoms with E-state index in [0.29, 0.717) is 17.5 Å². The maximum Gasteiger partial charge on any atom is 0.243 e. The van der Waals surface area contributed by atoms with Gasteiger partial charge in [-0.05, 0) is 31.5 Å². The van der Waals surface area contributed by atoms with Gasteiger partial charge in [-0.2, -0.15) is 4.98 Å². The number of hydrogen-bond acceptors (Lipinski definition) is 5. The van der Waals surface area contributed by atoms with Gasteiger partial charge in [0.15, 0.2) is 6.61 Å². The van der Waals surface area contributed by atoms with Crippen molar-refractivity contribution in [2.75, 3.05) is 6.54 Å². The number of benzene rings is 1. The summed E-state index contributed by atoms with van der Waals surface area (Å²) in [5, 5.41) is 7.23. The minimum atomic E-state index is -0.331. The van der Waals surface area contributed by atoms with Crippen LogP contribution in [0.25, 0.3) is 0 Å². The molecular formula is C14H16FN3O2. The third-order valence-electron chi connectivity index (χ3n) is 3.26. The topological polar surface area (TPSA) is 60.2 Å². The number of halogens is 1. The lowest BCUT2D eigenvalue weighted by Gasteiger charge is -2.19. The highest BCUT2D eigenvalue weighted by atomic mass is 19.1. The third kappa shape index (κ3) is 3.14. The lowest BCUT2D eigenvalue weighted by Crippen LogP contribution is -2.27. The molecule has 1 atom stereocenters. The molecular weight excluding hydrogens is 261 g/mol. The van der Waals surface area contributed by atoms with Crippen LogP contribution in [-0.2, 0) is 6.61 Å². The van der Waals surface area contributed by atoms with Crippen molar-refractivity contribution in [3.63, 3.8) is 0 Å². The first-order valence-corrected chi connectivity index (χ1v) is 6.75. The van der Waals surface area contributed by atoms with Crippen molar-refractivity contribution in [2.45, 2.75) is 31.9 Å². The van der Waals surface area contributed by atoms with Gasteiger partial charge in [0.1, 0.15) is 11.6 Å². The second-order valence-corrected chi connectivity index (χ2v) is 4.80. The number of hydrogen-bond donors (Lipinski definition) is 1. The van der Waals surface area contributed by atoms with Gasteiger partial charge in [-0.3, -0.25) is 0 Å². The summed E-state index contributed by atoms with van der Waals surface area (Å²) in [4.78, 5) is 4.31. The second-order valence-electron chi connectivity index (χ2n) is 4.80. The van der Waals surface area contributed by atoms with Crippen LogP contribution in [-0.4, -0.2) is 16.7 Å². The SMILES string of the molecule is Fc1cccc(OCc2noc([C@@H]3CCCCN3)n2)c1. The Hall–Kier alpha value is -1.95. The van der Waals surface area contributed by atoms with E-state index in [1.165, 1.54) is 18.6 Å². The van der Waals surface area contributed by atoms with E-state index < -0.39 is 0 Å². The van der Waals surface area contributed by atoms with Gasteiger partial charge in [0.25, 0.3) is 0 Å². The number of piperidine rings is 1. The van der Waals surface area contributed by atoms with Crippen molar-refractivity contribution in [3.05, 3.63) is 41.8 Å². The van der Waals surface area contributed by atoms with Crippen LogP contribution in [0.1, 0.15) is 37.0 Å². The van der Waals surface area contributed by atoms with Gasteiger partial charge >= 0.3 is 0 Å². The van der Waals surface area contributed by atoms with Gasteiger partial charge in [0.2, 0.25) is 11.7 Å². The smallest absolute Gasteiger partial charge is 0.243 e. The molecule has 0 bridgehead atoms. The Balaban J connectivity index is 1.59. The van der Waals surface area contributed by atoms with Crippen LogP contribution in [0.3, 0.4) is 0 Å². The fourth-order valence-electron chi connectivity index (χ4n) is 2.23. The van der Waals surface area contributed by atoms with Gasteiger partial charge in [0, 0.05) is 6.07 Å². The predicted molar refractivity (Wildman–Crippen MR) is 69.6 cm³/mol. The fraction of sp³-hybridized carbons (Fsp3) is 0.429. The van der Waals surface area contributed by atoms with Gasteiger partial charge in [-0.1, -0.05) is 17.6 Å². The van der Waals surface area contributed by atoms with Crippen molar-refractivity contribution in [1.82, 2.24) is 15.5 Å². The van der Waals surface area contributed by atoms with E-state index in [-0.39, 0.29) is 18.5 Å². The molecule has 2 heterocycles. The molecule has 3 rings (SSSR count). The van der Waals surface area contributed by atoms with E-state index in [9.17, 15) is 4.39 Å². The van der Waals surface area contributed by atoms with Crippen LogP contribution in [0.4, 0.5) is 4.39 Å². The molecule has 2 aromatic rings. The molecule has 1 aromatic carbocycles. The zero-order valence-electron chi connectivity index (χ0n) is 11.0. The summed E-state index contributed by atoms with van der Waals surface area (Å²) in [5.41, 5.74) is 0. The molecule has 1 aromatic heterocycles. The number of aromatic nitrogens is 2. The highest BCUT2D eigenvalue weighted by Gasteiger charge is 2.20. The molecule has 0 unspecified atom stereocenters. The minimum Gasteiger partial charge on any atom is -0.485 e. The first kappa shape index (κ1) is 13.1.